The maximum Gasteiger partial charge on any atom is 0.234 e. The summed E-state index contributed by atoms with van der Waals surface area (Å²) < 4.78 is 2.11. The molecule has 0 radical (unpaired) electrons. The molecule has 164 valence electrons. The van der Waals surface area contributed by atoms with E-state index < -0.39 is 0 Å². The van der Waals surface area contributed by atoms with Gasteiger partial charge in [0.2, 0.25) is 5.91 Å². The number of hydrogen-bond donors (Lipinski definition) is 1. The SMILES string of the molecule is CC[C@@H](c1nnc(SCC(=O)Nc2ccc(C)cc2Cl)n1Cc1ccccc1)N(C)C. The number of nitrogens with zero attached hydrogens (tertiary/aromatic N) is 4. The number of rotatable bonds is 9. The number of aromatic nitrogens is 3. The Morgan fingerprint density at radius 2 is 1.94 bits per heavy atom. The van der Waals surface area contributed by atoms with Crippen molar-refractivity contribution in [2.24, 2.45) is 0 Å². The van der Waals surface area contributed by atoms with Crippen LogP contribution < -0.4 is 5.32 Å². The summed E-state index contributed by atoms with van der Waals surface area (Å²) in [7, 11) is 4.09. The fourth-order valence-corrected chi connectivity index (χ4v) is 4.41. The first-order valence-electron chi connectivity index (χ1n) is 10.2. The van der Waals surface area contributed by atoms with Crippen molar-refractivity contribution in [1.82, 2.24) is 19.7 Å². The van der Waals surface area contributed by atoms with Gasteiger partial charge in [-0.3, -0.25) is 9.69 Å². The quantitative estimate of drug-likeness (QED) is 0.456. The van der Waals surface area contributed by atoms with Gasteiger partial charge in [0.1, 0.15) is 0 Å². The number of anilines is 1. The van der Waals surface area contributed by atoms with Crippen LogP contribution in [0.5, 0.6) is 0 Å². The summed E-state index contributed by atoms with van der Waals surface area (Å²) in [5, 5.41) is 13.0. The molecule has 1 heterocycles. The molecule has 3 rings (SSSR count). The van der Waals surface area contributed by atoms with E-state index in [0.29, 0.717) is 17.3 Å². The highest BCUT2D eigenvalue weighted by molar-refractivity contribution is 7.99. The van der Waals surface area contributed by atoms with Crippen molar-refractivity contribution in [2.75, 3.05) is 25.2 Å². The van der Waals surface area contributed by atoms with Gasteiger partial charge in [0.25, 0.3) is 0 Å². The zero-order valence-corrected chi connectivity index (χ0v) is 19.9. The smallest absolute Gasteiger partial charge is 0.234 e. The molecule has 0 saturated carbocycles. The fraction of sp³-hybridized carbons (Fsp3) is 0.348. The lowest BCUT2D eigenvalue weighted by Crippen LogP contribution is -2.23. The molecule has 1 N–H and O–H groups in total. The van der Waals surface area contributed by atoms with Crippen LogP contribution in [-0.2, 0) is 11.3 Å². The average Bonchev–Trinajstić information content (AvgIpc) is 3.12. The van der Waals surface area contributed by atoms with Crippen molar-refractivity contribution >= 4 is 35.0 Å². The number of hydrogen-bond acceptors (Lipinski definition) is 5. The highest BCUT2D eigenvalue weighted by Crippen LogP contribution is 2.27. The zero-order chi connectivity index (χ0) is 22.4. The number of nitrogens with one attached hydrogen (secondary N) is 1. The van der Waals surface area contributed by atoms with Gasteiger partial charge in [-0.05, 0) is 50.7 Å². The predicted molar refractivity (Wildman–Crippen MR) is 128 cm³/mol. The van der Waals surface area contributed by atoms with Gasteiger partial charge in [0.15, 0.2) is 11.0 Å². The fourth-order valence-electron chi connectivity index (χ4n) is 3.38. The summed E-state index contributed by atoms with van der Waals surface area (Å²) in [4.78, 5) is 14.7. The molecule has 0 aliphatic carbocycles. The first kappa shape index (κ1) is 23.3. The Balaban J connectivity index is 1.78. The normalized spacial score (nSPS) is 12.2. The summed E-state index contributed by atoms with van der Waals surface area (Å²) >= 11 is 7.62. The number of carbonyl (C=O) groups excluding carboxylic acids is 1. The molecule has 1 aromatic heterocycles. The minimum Gasteiger partial charge on any atom is -0.324 e. The largest absolute Gasteiger partial charge is 0.324 e. The lowest BCUT2D eigenvalue weighted by atomic mass is 10.2. The minimum atomic E-state index is -0.133. The summed E-state index contributed by atoms with van der Waals surface area (Å²) in [6.07, 6.45) is 0.914. The molecule has 1 amide bonds. The molecule has 0 fully saturated rings. The summed E-state index contributed by atoms with van der Waals surface area (Å²) in [5.41, 5.74) is 2.82. The van der Waals surface area contributed by atoms with Crippen LogP contribution in [0.4, 0.5) is 5.69 Å². The topological polar surface area (TPSA) is 63.1 Å². The monoisotopic (exact) mass is 457 g/mol. The van der Waals surface area contributed by atoms with Crippen LogP contribution in [0.25, 0.3) is 0 Å². The van der Waals surface area contributed by atoms with Crippen LogP contribution in [0.15, 0.2) is 53.7 Å². The van der Waals surface area contributed by atoms with E-state index in [1.165, 1.54) is 11.8 Å². The molecule has 3 aromatic rings. The van der Waals surface area contributed by atoms with Crippen LogP contribution in [0.1, 0.15) is 36.3 Å². The van der Waals surface area contributed by atoms with Crippen LogP contribution >= 0.6 is 23.4 Å². The lowest BCUT2D eigenvalue weighted by molar-refractivity contribution is -0.113. The predicted octanol–water partition coefficient (Wildman–Crippen LogP) is 5.03. The van der Waals surface area contributed by atoms with Crippen molar-refractivity contribution < 1.29 is 4.79 Å². The van der Waals surface area contributed by atoms with E-state index in [-0.39, 0.29) is 17.7 Å². The van der Waals surface area contributed by atoms with Gasteiger partial charge in [-0.2, -0.15) is 0 Å². The van der Waals surface area contributed by atoms with E-state index in [1.54, 1.807) is 0 Å². The Bertz CT molecular complexity index is 1020. The Morgan fingerprint density at radius 3 is 2.58 bits per heavy atom. The molecule has 0 aliphatic heterocycles. The van der Waals surface area contributed by atoms with Gasteiger partial charge in [0.05, 0.1) is 29.0 Å². The second-order valence-electron chi connectivity index (χ2n) is 7.62. The van der Waals surface area contributed by atoms with E-state index >= 15 is 0 Å². The van der Waals surface area contributed by atoms with Crippen molar-refractivity contribution in [3.05, 3.63) is 70.5 Å². The second-order valence-corrected chi connectivity index (χ2v) is 8.97. The van der Waals surface area contributed by atoms with Crippen LogP contribution in [0.3, 0.4) is 0 Å². The van der Waals surface area contributed by atoms with Gasteiger partial charge >= 0.3 is 0 Å². The molecule has 31 heavy (non-hydrogen) atoms. The lowest BCUT2D eigenvalue weighted by Gasteiger charge is -2.23. The van der Waals surface area contributed by atoms with Crippen molar-refractivity contribution in [2.45, 2.75) is 38.0 Å². The molecule has 1 atom stereocenters. The number of halogens is 1. The maximum absolute atomic E-state index is 12.5. The third-order valence-corrected chi connectivity index (χ3v) is 6.25. The zero-order valence-electron chi connectivity index (χ0n) is 18.3. The van der Waals surface area contributed by atoms with E-state index in [2.05, 4.69) is 44.0 Å². The Hall–Kier alpha value is -2.35. The molecular weight excluding hydrogens is 430 g/mol. The van der Waals surface area contributed by atoms with E-state index in [4.69, 9.17) is 11.6 Å². The van der Waals surface area contributed by atoms with Crippen LogP contribution in [-0.4, -0.2) is 45.4 Å². The van der Waals surface area contributed by atoms with Crippen molar-refractivity contribution in [3.63, 3.8) is 0 Å². The average molecular weight is 458 g/mol. The molecule has 2 aromatic carbocycles. The van der Waals surface area contributed by atoms with Gasteiger partial charge in [-0.25, -0.2) is 0 Å². The first-order valence-corrected chi connectivity index (χ1v) is 11.6. The molecular formula is C23H28ClN5OS. The third-order valence-electron chi connectivity index (χ3n) is 4.97. The van der Waals surface area contributed by atoms with Gasteiger partial charge in [-0.15, -0.1) is 10.2 Å². The highest BCUT2D eigenvalue weighted by Gasteiger charge is 2.22. The van der Waals surface area contributed by atoms with Gasteiger partial charge in [0, 0.05) is 0 Å². The van der Waals surface area contributed by atoms with Crippen LogP contribution in [0, 0.1) is 6.92 Å². The Morgan fingerprint density at radius 1 is 1.19 bits per heavy atom. The number of amides is 1. The third kappa shape index (κ3) is 6.09. The minimum absolute atomic E-state index is 0.133. The van der Waals surface area contributed by atoms with E-state index in [1.807, 2.05) is 57.4 Å². The maximum atomic E-state index is 12.5. The number of benzene rings is 2. The highest BCUT2D eigenvalue weighted by atomic mass is 35.5. The van der Waals surface area contributed by atoms with Gasteiger partial charge in [-0.1, -0.05) is 66.7 Å². The van der Waals surface area contributed by atoms with Crippen LogP contribution in [0.2, 0.25) is 5.02 Å². The molecule has 8 heteroatoms. The second kappa shape index (κ2) is 10.8. The first-order chi connectivity index (χ1) is 14.9. The Labute approximate surface area is 193 Å². The van der Waals surface area contributed by atoms with Crippen molar-refractivity contribution in [1.29, 1.82) is 0 Å². The van der Waals surface area contributed by atoms with Gasteiger partial charge < -0.3 is 9.88 Å². The summed E-state index contributed by atoms with van der Waals surface area (Å²) in [5.74, 6) is 0.989. The number of aryl methyl sites for hydroxylation is 1. The molecule has 0 spiro atoms. The van der Waals surface area contributed by atoms with E-state index in [0.717, 1.165) is 28.5 Å². The molecule has 0 aliphatic rings. The summed E-state index contributed by atoms with van der Waals surface area (Å²) in [6, 6.07) is 15.9. The summed E-state index contributed by atoms with van der Waals surface area (Å²) in [6.45, 7) is 4.75. The van der Waals surface area contributed by atoms with E-state index in [9.17, 15) is 4.79 Å². The molecule has 0 saturated heterocycles. The number of carbonyl (C=O) groups is 1. The molecule has 0 bridgehead atoms. The molecule has 6 nitrogen and oxygen atoms in total. The standard InChI is InChI=1S/C23H28ClN5OS/c1-5-20(28(3)4)22-26-27-23(29(22)14-17-9-7-6-8-10-17)31-15-21(30)25-19-12-11-16(2)13-18(19)24/h6-13,20H,5,14-15H2,1-4H3,(H,25,30)/t20-/m0/s1. The van der Waals surface area contributed by atoms with Crippen molar-refractivity contribution in [3.8, 4) is 0 Å². The Kier molecular flexibility index (Phi) is 8.12. The number of thioether (sulfide) groups is 1. The molecule has 0 unspecified atom stereocenters.